The van der Waals surface area contributed by atoms with E-state index in [0.29, 0.717) is 24.5 Å². The zero-order valence-electron chi connectivity index (χ0n) is 12.0. The summed E-state index contributed by atoms with van der Waals surface area (Å²) in [5.74, 6) is 0. The molecule has 0 bridgehead atoms. The van der Waals surface area contributed by atoms with Crippen LogP contribution in [0.15, 0.2) is 24.3 Å². The lowest BCUT2D eigenvalue weighted by Crippen LogP contribution is -2.30. The Bertz CT molecular complexity index is 411. The first-order valence-electron chi connectivity index (χ1n) is 6.85. The number of nitrogens with one attached hydrogen (secondary N) is 4. The van der Waals surface area contributed by atoms with Gasteiger partial charge >= 0.3 is 12.1 Å². The second-order valence-corrected chi connectivity index (χ2v) is 4.34. The Kier molecular flexibility index (Phi) is 6.95. The van der Waals surface area contributed by atoms with Gasteiger partial charge in [-0.15, -0.1) is 0 Å². The first-order chi connectivity index (χ1) is 9.65. The van der Waals surface area contributed by atoms with E-state index >= 15 is 0 Å². The van der Waals surface area contributed by atoms with Crippen LogP contribution in [0.25, 0.3) is 0 Å². The topological polar surface area (TPSA) is 82.3 Å². The van der Waals surface area contributed by atoms with Crippen molar-refractivity contribution in [2.24, 2.45) is 0 Å². The van der Waals surface area contributed by atoms with Gasteiger partial charge in [-0.25, -0.2) is 9.59 Å². The van der Waals surface area contributed by atoms with Gasteiger partial charge in [0.1, 0.15) is 0 Å². The summed E-state index contributed by atoms with van der Waals surface area (Å²) in [7, 11) is 0. The highest BCUT2D eigenvalue weighted by Gasteiger charge is 2.03. The van der Waals surface area contributed by atoms with E-state index < -0.39 is 0 Å². The van der Waals surface area contributed by atoms with E-state index in [2.05, 4.69) is 21.3 Å². The molecule has 20 heavy (non-hydrogen) atoms. The van der Waals surface area contributed by atoms with Crippen molar-refractivity contribution in [3.05, 3.63) is 24.3 Å². The van der Waals surface area contributed by atoms with Crippen LogP contribution in [0.2, 0.25) is 0 Å². The van der Waals surface area contributed by atoms with Gasteiger partial charge in [0.25, 0.3) is 0 Å². The molecule has 0 radical (unpaired) electrons. The molecule has 0 fully saturated rings. The minimum Gasteiger partial charge on any atom is -0.338 e. The number of hydrogen-bond acceptors (Lipinski definition) is 2. The maximum atomic E-state index is 11.5. The third kappa shape index (κ3) is 6.08. The van der Waals surface area contributed by atoms with Crippen LogP contribution in [-0.2, 0) is 0 Å². The third-order valence-corrected chi connectivity index (χ3v) is 2.45. The van der Waals surface area contributed by atoms with E-state index in [4.69, 9.17) is 0 Å². The van der Waals surface area contributed by atoms with Crippen molar-refractivity contribution >= 4 is 23.4 Å². The molecular formula is C14H22N4O2. The van der Waals surface area contributed by atoms with Gasteiger partial charge in [-0.1, -0.05) is 19.9 Å². The van der Waals surface area contributed by atoms with Crippen LogP contribution < -0.4 is 21.3 Å². The summed E-state index contributed by atoms with van der Waals surface area (Å²) in [6.07, 6.45) is 1.76. The van der Waals surface area contributed by atoms with Gasteiger partial charge in [0.05, 0.1) is 0 Å². The summed E-state index contributed by atoms with van der Waals surface area (Å²) < 4.78 is 0. The summed E-state index contributed by atoms with van der Waals surface area (Å²) >= 11 is 0. The maximum absolute atomic E-state index is 11.5. The number of hydrogen-bond donors (Lipinski definition) is 4. The van der Waals surface area contributed by atoms with Gasteiger partial charge in [-0.2, -0.15) is 0 Å². The van der Waals surface area contributed by atoms with Crippen molar-refractivity contribution in [3.63, 3.8) is 0 Å². The molecular weight excluding hydrogens is 256 g/mol. The molecule has 0 aliphatic rings. The third-order valence-electron chi connectivity index (χ3n) is 2.45. The first kappa shape index (κ1) is 15.8. The minimum atomic E-state index is -0.251. The fourth-order valence-electron chi connectivity index (χ4n) is 1.50. The number of amides is 4. The number of rotatable bonds is 6. The molecule has 0 aliphatic heterocycles. The van der Waals surface area contributed by atoms with Gasteiger partial charge in [0.15, 0.2) is 0 Å². The molecule has 4 amide bonds. The van der Waals surface area contributed by atoms with Gasteiger partial charge in [-0.05, 0) is 31.0 Å². The zero-order chi connectivity index (χ0) is 14.8. The van der Waals surface area contributed by atoms with Gasteiger partial charge in [0, 0.05) is 24.5 Å². The molecule has 6 nitrogen and oxygen atoms in total. The molecule has 0 aliphatic carbocycles. The monoisotopic (exact) mass is 278 g/mol. The molecule has 0 aromatic heterocycles. The highest BCUT2D eigenvalue weighted by Crippen LogP contribution is 2.14. The lowest BCUT2D eigenvalue weighted by molar-refractivity contribution is 0.251. The highest BCUT2D eigenvalue weighted by atomic mass is 16.2. The summed E-state index contributed by atoms with van der Waals surface area (Å²) in [5, 5.41) is 10.9. The van der Waals surface area contributed by atoms with Crippen molar-refractivity contribution in [2.75, 3.05) is 23.7 Å². The number of benzene rings is 1. The highest BCUT2D eigenvalue weighted by molar-refractivity contribution is 5.92. The lowest BCUT2D eigenvalue weighted by atomic mass is 10.3. The Balaban J connectivity index is 2.52. The van der Waals surface area contributed by atoms with Crippen molar-refractivity contribution in [1.82, 2.24) is 10.6 Å². The SMILES string of the molecule is CCCNC(=O)Nc1cccc(NC(=O)NCCC)c1. The minimum absolute atomic E-state index is 0.251. The largest absolute Gasteiger partial charge is 0.338 e. The van der Waals surface area contributed by atoms with Crippen LogP contribution >= 0.6 is 0 Å². The Morgan fingerprint density at radius 2 is 1.35 bits per heavy atom. The summed E-state index contributed by atoms with van der Waals surface area (Å²) in [6.45, 7) is 5.23. The number of carbonyl (C=O) groups excluding carboxylic acids is 2. The van der Waals surface area contributed by atoms with E-state index in [0.717, 1.165) is 12.8 Å². The van der Waals surface area contributed by atoms with Gasteiger partial charge in [0.2, 0.25) is 0 Å². The van der Waals surface area contributed by atoms with Crippen LogP contribution in [0.3, 0.4) is 0 Å². The van der Waals surface area contributed by atoms with Crippen LogP contribution in [0, 0.1) is 0 Å². The van der Waals surface area contributed by atoms with E-state index in [-0.39, 0.29) is 12.1 Å². The average Bonchev–Trinajstić information content (AvgIpc) is 2.43. The predicted molar refractivity (Wildman–Crippen MR) is 81.1 cm³/mol. The Morgan fingerprint density at radius 1 is 0.900 bits per heavy atom. The molecule has 4 N–H and O–H groups in total. The lowest BCUT2D eigenvalue weighted by Gasteiger charge is -2.10. The molecule has 0 heterocycles. The summed E-state index contributed by atoms with van der Waals surface area (Å²) in [5.41, 5.74) is 1.26. The molecule has 1 aromatic carbocycles. The zero-order valence-corrected chi connectivity index (χ0v) is 12.0. The van der Waals surface area contributed by atoms with E-state index in [1.54, 1.807) is 24.3 Å². The smallest absolute Gasteiger partial charge is 0.319 e. The van der Waals surface area contributed by atoms with Crippen molar-refractivity contribution in [3.8, 4) is 0 Å². The molecule has 0 spiro atoms. The van der Waals surface area contributed by atoms with Crippen LogP contribution in [0.5, 0.6) is 0 Å². The predicted octanol–water partition coefficient (Wildman–Crippen LogP) is 2.75. The Hall–Kier alpha value is -2.24. The number of anilines is 2. The normalized spacial score (nSPS) is 9.70. The Morgan fingerprint density at radius 3 is 1.75 bits per heavy atom. The second kappa shape index (κ2) is 8.79. The first-order valence-corrected chi connectivity index (χ1v) is 6.85. The fraction of sp³-hybridized carbons (Fsp3) is 0.429. The van der Waals surface area contributed by atoms with Crippen molar-refractivity contribution in [1.29, 1.82) is 0 Å². The quantitative estimate of drug-likeness (QED) is 0.645. The van der Waals surface area contributed by atoms with Gasteiger partial charge in [-0.3, -0.25) is 0 Å². The number of carbonyl (C=O) groups is 2. The van der Waals surface area contributed by atoms with Crippen LogP contribution in [0.1, 0.15) is 26.7 Å². The molecule has 1 aromatic rings. The van der Waals surface area contributed by atoms with Crippen LogP contribution in [0.4, 0.5) is 21.0 Å². The summed E-state index contributed by atoms with van der Waals surface area (Å²) in [4.78, 5) is 23.0. The maximum Gasteiger partial charge on any atom is 0.319 e. The summed E-state index contributed by atoms with van der Waals surface area (Å²) in [6, 6.07) is 6.50. The Labute approximate surface area is 119 Å². The molecule has 0 atom stereocenters. The van der Waals surface area contributed by atoms with E-state index in [1.807, 2.05) is 13.8 Å². The molecule has 0 unspecified atom stereocenters. The molecule has 1 rings (SSSR count). The number of urea groups is 2. The van der Waals surface area contributed by atoms with Crippen molar-refractivity contribution in [2.45, 2.75) is 26.7 Å². The molecule has 6 heteroatoms. The molecule has 110 valence electrons. The van der Waals surface area contributed by atoms with E-state index in [9.17, 15) is 9.59 Å². The van der Waals surface area contributed by atoms with Gasteiger partial charge < -0.3 is 21.3 Å². The molecule has 0 saturated heterocycles. The second-order valence-electron chi connectivity index (χ2n) is 4.34. The van der Waals surface area contributed by atoms with Crippen LogP contribution in [-0.4, -0.2) is 25.2 Å². The molecule has 0 saturated carbocycles. The standard InChI is InChI=1S/C14H22N4O2/c1-3-8-15-13(19)17-11-6-5-7-12(10-11)18-14(20)16-9-4-2/h5-7,10H,3-4,8-9H2,1-2H3,(H2,15,17,19)(H2,16,18,20). The fourth-order valence-corrected chi connectivity index (χ4v) is 1.50. The average molecular weight is 278 g/mol. The van der Waals surface area contributed by atoms with E-state index in [1.165, 1.54) is 0 Å². The van der Waals surface area contributed by atoms with Crippen molar-refractivity contribution < 1.29 is 9.59 Å².